The molecule has 0 aliphatic carbocycles. The zero-order valence-electron chi connectivity index (χ0n) is 13.9. The molecular weight excluding hydrogens is 302 g/mol. The summed E-state index contributed by atoms with van der Waals surface area (Å²) in [6.45, 7) is 7.43. The maximum Gasteiger partial charge on any atom is 0.410 e. The van der Waals surface area contributed by atoms with Gasteiger partial charge in [0.25, 0.3) is 0 Å². The number of nitrogens with one attached hydrogen (secondary N) is 1. The third-order valence-corrected chi connectivity index (χ3v) is 3.69. The van der Waals surface area contributed by atoms with Gasteiger partial charge in [-0.15, -0.1) is 0 Å². The number of carbonyl (C=O) groups is 1. The molecule has 1 aromatic carbocycles. The van der Waals surface area contributed by atoms with E-state index in [-0.39, 0.29) is 12.0 Å². The van der Waals surface area contributed by atoms with Crippen LogP contribution in [0.5, 0.6) is 0 Å². The van der Waals surface area contributed by atoms with Crippen LogP contribution in [0.2, 0.25) is 0 Å². The van der Waals surface area contributed by atoms with Crippen LogP contribution in [-0.4, -0.2) is 36.2 Å². The molecule has 6 heteroatoms. The van der Waals surface area contributed by atoms with Gasteiger partial charge in [0.2, 0.25) is 0 Å². The van der Waals surface area contributed by atoms with Crippen molar-refractivity contribution < 1.29 is 18.3 Å². The van der Waals surface area contributed by atoms with Gasteiger partial charge in [0.15, 0.2) is 11.6 Å². The lowest BCUT2D eigenvalue weighted by molar-refractivity contribution is 0.0172. The molecule has 1 aromatic rings. The number of halogens is 2. The van der Waals surface area contributed by atoms with Crippen LogP contribution in [0.15, 0.2) is 18.2 Å². The van der Waals surface area contributed by atoms with Crippen LogP contribution in [0.4, 0.5) is 19.3 Å². The minimum Gasteiger partial charge on any atom is -0.444 e. The van der Waals surface area contributed by atoms with Gasteiger partial charge in [-0.25, -0.2) is 13.6 Å². The third kappa shape index (κ3) is 5.37. The molecule has 0 spiro atoms. The number of amides is 1. The number of likely N-dealkylation sites (tertiary alicyclic amines) is 1. The summed E-state index contributed by atoms with van der Waals surface area (Å²) >= 11 is 0. The van der Waals surface area contributed by atoms with Gasteiger partial charge in [-0.2, -0.15) is 0 Å². The largest absolute Gasteiger partial charge is 0.444 e. The topological polar surface area (TPSA) is 41.6 Å². The molecule has 1 aliphatic heterocycles. The number of carbonyl (C=O) groups excluding carboxylic acids is 1. The molecule has 0 radical (unpaired) electrons. The predicted molar refractivity (Wildman–Crippen MR) is 85.4 cm³/mol. The number of anilines is 1. The molecule has 4 nitrogen and oxygen atoms in total. The van der Waals surface area contributed by atoms with Crippen molar-refractivity contribution in [2.45, 2.75) is 39.2 Å². The van der Waals surface area contributed by atoms with E-state index in [2.05, 4.69) is 5.32 Å². The van der Waals surface area contributed by atoms with E-state index in [1.165, 1.54) is 6.07 Å². The quantitative estimate of drug-likeness (QED) is 0.912. The monoisotopic (exact) mass is 326 g/mol. The van der Waals surface area contributed by atoms with Crippen molar-refractivity contribution >= 4 is 11.8 Å². The first-order chi connectivity index (χ1) is 10.7. The highest BCUT2D eigenvalue weighted by atomic mass is 19.2. The molecule has 1 atom stereocenters. The molecule has 1 aliphatic rings. The van der Waals surface area contributed by atoms with Gasteiger partial charge in [0.05, 0.1) is 0 Å². The molecular formula is C17H24F2N2O2. The van der Waals surface area contributed by atoms with Gasteiger partial charge in [0.1, 0.15) is 5.60 Å². The van der Waals surface area contributed by atoms with E-state index in [1.807, 2.05) is 20.8 Å². The van der Waals surface area contributed by atoms with Crippen LogP contribution in [0.25, 0.3) is 0 Å². The molecule has 2 rings (SSSR count). The van der Waals surface area contributed by atoms with Crippen LogP contribution < -0.4 is 5.32 Å². The highest BCUT2D eigenvalue weighted by Gasteiger charge is 2.27. The number of nitrogens with zero attached hydrogens (tertiary/aromatic N) is 1. The van der Waals surface area contributed by atoms with Crippen LogP contribution >= 0.6 is 0 Å². The lowest BCUT2D eigenvalue weighted by Gasteiger charge is -2.34. The van der Waals surface area contributed by atoms with Crippen molar-refractivity contribution in [3.63, 3.8) is 0 Å². The summed E-state index contributed by atoms with van der Waals surface area (Å²) in [7, 11) is 0. The highest BCUT2D eigenvalue weighted by Crippen LogP contribution is 2.20. The maximum absolute atomic E-state index is 13.2. The normalized spacial score (nSPS) is 18.7. The molecule has 0 saturated carbocycles. The van der Waals surface area contributed by atoms with Crippen molar-refractivity contribution in [2.75, 3.05) is 25.0 Å². The van der Waals surface area contributed by atoms with E-state index in [1.54, 1.807) is 4.90 Å². The Hall–Kier alpha value is -1.85. The fourth-order valence-electron chi connectivity index (χ4n) is 2.59. The van der Waals surface area contributed by atoms with Crippen LogP contribution in [0.3, 0.4) is 0 Å². The zero-order valence-corrected chi connectivity index (χ0v) is 13.9. The summed E-state index contributed by atoms with van der Waals surface area (Å²) in [6, 6.07) is 3.75. The number of benzene rings is 1. The third-order valence-electron chi connectivity index (χ3n) is 3.69. The number of ether oxygens (including phenoxy) is 1. The summed E-state index contributed by atoms with van der Waals surface area (Å²) in [5, 5.41) is 3.10. The summed E-state index contributed by atoms with van der Waals surface area (Å²) in [6.07, 6.45) is 1.59. The van der Waals surface area contributed by atoms with Crippen LogP contribution in [-0.2, 0) is 4.74 Å². The van der Waals surface area contributed by atoms with E-state index in [0.29, 0.717) is 25.3 Å². The number of piperidine rings is 1. The minimum absolute atomic E-state index is 0.254. The number of hydrogen-bond acceptors (Lipinski definition) is 3. The van der Waals surface area contributed by atoms with Gasteiger partial charge in [-0.3, -0.25) is 0 Å². The average molecular weight is 326 g/mol. The van der Waals surface area contributed by atoms with Gasteiger partial charge in [-0.1, -0.05) is 0 Å². The van der Waals surface area contributed by atoms with E-state index in [0.717, 1.165) is 25.0 Å². The molecule has 0 aromatic heterocycles. The molecule has 1 amide bonds. The number of rotatable bonds is 3. The summed E-state index contributed by atoms with van der Waals surface area (Å²) in [4.78, 5) is 13.8. The second kappa shape index (κ2) is 7.15. The van der Waals surface area contributed by atoms with Crippen molar-refractivity contribution in [1.82, 2.24) is 4.90 Å². The van der Waals surface area contributed by atoms with Crippen molar-refractivity contribution in [3.8, 4) is 0 Å². The second-order valence-electron chi connectivity index (χ2n) is 6.94. The Bertz CT molecular complexity index is 558. The fourth-order valence-corrected chi connectivity index (χ4v) is 2.59. The van der Waals surface area contributed by atoms with E-state index in [4.69, 9.17) is 4.74 Å². The molecule has 1 heterocycles. The molecule has 1 saturated heterocycles. The lowest BCUT2D eigenvalue weighted by Crippen LogP contribution is -2.44. The van der Waals surface area contributed by atoms with Gasteiger partial charge in [-0.05, 0) is 57.7 Å². The van der Waals surface area contributed by atoms with Crippen molar-refractivity contribution in [2.24, 2.45) is 5.92 Å². The first-order valence-corrected chi connectivity index (χ1v) is 7.91. The Morgan fingerprint density at radius 2 is 2.09 bits per heavy atom. The minimum atomic E-state index is -0.867. The van der Waals surface area contributed by atoms with Gasteiger partial charge >= 0.3 is 6.09 Å². The molecule has 1 fully saturated rings. The molecule has 0 unspecified atom stereocenters. The highest BCUT2D eigenvalue weighted by molar-refractivity contribution is 5.68. The smallest absolute Gasteiger partial charge is 0.410 e. The Kier molecular flexibility index (Phi) is 5.44. The van der Waals surface area contributed by atoms with Crippen LogP contribution in [0, 0.1) is 17.6 Å². The standard InChI is InChI=1S/C17H24F2N2O2/c1-17(2,3)23-16(22)21-8-4-5-12(11-21)10-20-13-6-7-14(18)15(19)9-13/h6-7,9,12,20H,4-5,8,10-11H2,1-3H3/t12-/m1/s1. The Morgan fingerprint density at radius 1 is 1.35 bits per heavy atom. The number of hydrogen-bond donors (Lipinski definition) is 1. The second-order valence-corrected chi connectivity index (χ2v) is 6.94. The first-order valence-electron chi connectivity index (χ1n) is 7.91. The Balaban J connectivity index is 1.86. The molecule has 0 bridgehead atoms. The van der Waals surface area contributed by atoms with Gasteiger partial charge < -0.3 is 15.0 Å². The van der Waals surface area contributed by atoms with Gasteiger partial charge in [0, 0.05) is 25.3 Å². The lowest BCUT2D eigenvalue weighted by atomic mass is 9.98. The summed E-state index contributed by atoms with van der Waals surface area (Å²) < 4.78 is 31.5. The molecule has 128 valence electrons. The Morgan fingerprint density at radius 3 is 2.74 bits per heavy atom. The predicted octanol–water partition coefficient (Wildman–Crippen LogP) is 4.02. The summed E-state index contributed by atoms with van der Waals surface area (Å²) in [5.41, 5.74) is 0.0340. The average Bonchev–Trinajstić information content (AvgIpc) is 2.47. The van der Waals surface area contributed by atoms with Crippen molar-refractivity contribution in [1.29, 1.82) is 0 Å². The van der Waals surface area contributed by atoms with Crippen molar-refractivity contribution in [3.05, 3.63) is 29.8 Å². The Labute approximate surface area is 135 Å². The van der Waals surface area contributed by atoms with E-state index >= 15 is 0 Å². The van der Waals surface area contributed by atoms with E-state index < -0.39 is 17.2 Å². The fraction of sp³-hybridized carbons (Fsp3) is 0.588. The molecule has 23 heavy (non-hydrogen) atoms. The zero-order chi connectivity index (χ0) is 17.0. The molecule has 1 N–H and O–H groups in total. The maximum atomic E-state index is 13.2. The van der Waals surface area contributed by atoms with Crippen LogP contribution in [0.1, 0.15) is 33.6 Å². The van der Waals surface area contributed by atoms with E-state index in [9.17, 15) is 13.6 Å². The summed E-state index contributed by atoms with van der Waals surface area (Å²) in [5.74, 6) is -1.47. The SMILES string of the molecule is CC(C)(C)OC(=O)N1CCC[C@H](CNc2ccc(F)c(F)c2)C1. The first kappa shape index (κ1) is 17.5.